The molecule has 0 bridgehead atoms. The first kappa shape index (κ1) is 41.2. The Labute approximate surface area is 281 Å². The van der Waals surface area contributed by atoms with E-state index in [1.807, 2.05) is 0 Å². The second kappa shape index (κ2) is 21.0. The first-order valence-corrected chi connectivity index (χ1v) is 32.4. The third kappa shape index (κ3) is 30.0. The zero-order valence-electron chi connectivity index (χ0n) is 20.0. The van der Waals surface area contributed by atoms with E-state index in [4.69, 9.17) is 152 Å². The summed E-state index contributed by atoms with van der Waals surface area (Å²) in [6, 6.07) is -8.87. The fraction of sp³-hybridized carbons (Fsp3) is 1.00. The van der Waals surface area contributed by atoms with E-state index in [2.05, 4.69) is 0 Å². The Morgan fingerprint density at radius 1 is 0.351 bits per heavy atom. The number of halogens is 12. The Hall–Kier alpha value is 4.19. The van der Waals surface area contributed by atoms with Crippen LogP contribution in [0, 0.1) is 5.41 Å². The van der Waals surface area contributed by atoms with Crippen molar-refractivity contribution in [2.75, 3.05) is 52.9 Å². The lowest BCUT2D eigenvalue weighted by molar-refractivity contribution is -0.106. The molecule has 0 rings (SSSR count). The molecule has 0 aromatic heterocycles. The summed E-state index contributed by atoms with van der Waals surface area (Å²) in [5.41, 5.74) is -0.621. The minimum absolute atomic E-state index is 0.298. The molecule has 0 fully saturated rings. The van der Waals surface area contributed by atoms with Gasteiger partial charge in [-0.05, 0) is 49.9 Å². The van der Waals surface area contributed by atoms with Crippen molar-refractivity contribution in [1.82, 2.24) is 0 Å². The van der Waals surface area contributed by atoms with Crippen molar-refractivity contribution in [1.29, 1.82) is 0 Å². The molecule has 0 spiro atoms. The average Bonchev–Trinajstić information content (AvgIpc) is 2.69. The highest BCUT2D eigenvalue weighted by atomic mass is 35.9. The van der Waals surface area contributed by atoms with Crippen LogP contribution in [0.15, 0.2) is 0 Å². The third-order valence-electron chi connectivity index (χ3n) is 4.63. The highest BCUT2D eigenvalue weighted by Crippen LogP contribution is 2.30. The van der Waals surface area contributed by atoms with Gasteiger partial charge in [-0.1, -0.05) is 0 Å². The largest absolute Gasteiger partial charge is 0.381 e. The van der Waals surface area contributed by atoms with Gasteiger partial charge in [-0.2, -0.15) is 0 Å². The van der Waals surface area contributed by atoms with Crippen LogP contribution < -0.4 is 0 Å². The molecule has 0 atom stereocenters. The van der Waals surface area contributed by atoms with Gasteiger partial charge < -0.3 is 18.9 Å². The lowest BCUT2D eigenvalue weighted by Gasteiger charge is -2.33. The molecular weight excluding hydrogens is 806 g/mol. The van der Waals surface area contributed by atoms with Crippen LogP contribution in [0.2, 0.25) is 24.2 Å². The van der Waals surface area contributed by atoms with Crippen molar-refractivity contribution in [3.63, 3.8) is 0 Å². The van der Waals surface area contributed by atoms with Crippen LogP contribution in [-0.2, 0) is 18.9 Å². The lowest BCUT2D eigenvalue weighted by Crippen LogP contribution is -2.42. The van der Waals surface area contributed by atoms with E-state index in [0.29, 0.717) is 103 Å². The molecule has 4 nitrogen and oxygen atoms in total. The second-order valence-electron chi connectivity index (χ2n) is 8.59. The Bertz CT molecular complexity index is 487. The van der Waals surface area contributed by atoms with E-state index in [-0.39, 0.29) is 0 Å². The van der Waals surface area contributed by atoms with Crippen LogP contribution in [0.3, 0.4) is 0 Å². The first-order valence-electron chi connectivity index (χ1n) is 11.4. The van der Waals surface area contributed by atoms with Crippen LogP contribution in [-0.4, -0.2) is 76.9 Å². The topological polar surface area (TPSA) is 36.9 Å². The highest BCUT2D eigenvalue weighted by molar-refractivity contribution is 7.66. The molecule has 0 saturated heterocycles. The quantitative estimate of drug-likeness (QED) is 0.0552. The normalized spacial score (nSPS) is 13.9. The molecule has 0 heterocycles. The molecule has 0 radical (unpaired) electrons. The molecule has 37 heavy (non-hydrogen) atoms. The van der Waals surface area contributed by atoms with Gasteiger partial charge in [0.1, 0.15) is 0 Å². The molecule has 224 valence electrons. The standard InChI is InChI=1S/C17H32Cl12O4Si4/c18-34(19,20)9-1-5-30-13-17(14-31-6-2-10-35(21,22)23,15-32-7-3-11-36(24,25)26)16-33-8-4-12-37(27,28)29/h1-16H2. The summed E-state index contributed by atoms with van der Waals surface area (Å²) in [7, 11) is 0. The van der Waals surface area contributed by atoms with Gasteiger partial charge in [0.05, 0.1) is 31.8 Å². The van der Waals surface area contributed by atoms with Gasteiger partial charge in [0, 0.05) is 26.4 Å². The van der Waals surface area contributed by atoms with Crippen LogP contribution in [0.5, 0.6) is 0 Å². The summed E-state index contributed by atoms with van der Waals surface area (Å²) >= 11 is 71.6. The maximum atomic E-state index is 5.97. The summed E-state index contributed by atoms with van der Waals surface area (Å²) in [6.45, 7) is 2.85. The minimum atomic E-state index is -2.71. The van der Waals surface area contributed by atoms with E-state index in [9.17, 15) is 0 Å². The number of hydrogen-bond donors (Lipinski definition) is 0. The fourth-order valence-electron chi connectivity index (χ4n) is 2.90. The van der Waals surface area contributed by atoms with Gasteiger partial charge in [0.15, 0.2) is 0 Å². The zero-order valence-corrected chi connectivity index (χ0v) is 33.1. The molecule has 20 heteroatoms. The zero-order chi connectivity index (χ0) is 28.6. The van der Waals surface area contributed by atoms with Gasteiger partial charge in [-0.15, -0.1) is 133 Å². The van der Waals surface area contributed by atoms with Crippen molar-refractivity contribution in [3.05, 3.63) is 0 Å². The molecule has 0 aromatic rings. The molecule has 0 amide bonds. The van der Waals surface area contributed by atoms with Gasteiger partial charge >= 0.3 is 24.0 Å². The second-order valence-corrected chi connectivity index (χ2v) is 45.7. The third-order valence-corrected chi connectivity index (χ3v) is 15.1. The lowest BCUT2D eigenvalue weighted by atomic mass is 9.92. The molecule has 0 aliphatic rings. The summed E-state index contributed by atoms with van der Waals surface area (Å²) < 4.78 is 23.9. The van der Waals surface area contributed by atoms with E-state index in [1.165, 1.54) is 0 Å². The Balaban J connectivity index is 5.12. The predicted octanol–water partition coefficient (Wildman–Crippen LogP) is 10.2. The SMILES string of the molecule is Cl[Si](Cl)(Cl)CCCOCC(COCCC[Si](Cl)(Cl)Cl)(COCCC[Si](Cl)(Cl)Cl)COCCC[Si](Cl)(Cl)Cl. The maximum absolute atomic E-state index is 5.97. The minimum Gasteiger partial charge on any atom is -0.381 e. The van der Waals surface area contributed by atoms with Gasteiger partial charge in [0.2, 0.25) is 0 Å². The van der Waals surface area contributed by atoms with Crippen molar-refractivity contribution < 1.29 is 18.9 Å². The Kier molecular flexibility index (Phi) is 23.4. The van der Waals surface area contributed by atoms with Crippen LogP contribution in [0.4, 0.5) is 0 Å². The van der Waals surface area contributed by atoms with Crippen LogP contribution in [0.1, 0.15) is 25.7 Å². The average molecular weight is 838 g/mol. The Morgan fingerprint density at radius 2 is 0.541 bits per heavy atom. The molecule has 0 N–H and O–H groups in total. The monoisotopic (exact) mass is 832 g/mol. The summed E-state index contributed by atoms with van der Waals surface area (Å²) in [5, 5.41) is 0. The molecule has 0 unspecified atom stereocenters. The number of hydrogen-bond acceptors (Lipinski definition) is 4. The van der Waals surface area contributed by atoms with E-state index < -0.39 is 29.4 Å². The van der Waals surface area contributed by atoms with Gasteiger partial charge in [-0.3, -0.25) is 0 Å². The van der Waals surface area contributed by atoms with Crippen molar-refractivity contribution in [3.8, 4) is 0 Å². The molecule has 0 aromatic carbocycles. The summed E-state index contributed by atoms with van der Waals surface area (Å²) in [6.07, 6.45) is 2.49. The van der Waals surface area contributed by atoms with Crippen LogP contribution >= 0.6 is 133 Å². The van der Waals surface area contributed by atoms with E-state index in [0.717, 1.165) is 0 Å². The highest BCUT2D eigenvalue weighted by Gasteiger charge is 2.34. The smallest absolute Gasteiger partial charge is 0.341 e. The van der Waals surface area contributed by atoms with Crippen molar-refractivity contribution in [2.45, 2.75) is 49.9 Å². The Morgan fingerprint density at radius 3 is 0.703 bits per heavy atom. The predicted molar refractivity (Wildman–Crippen MR) is 177 cm³/mol. The molecule has 0 saturated carbocycles. The van der Waals surface area contributed by atoms with Gasteiger partial charge in [-0.25, -0.2) is 0 Å². The number of rotatable bonds is 24. The summed E-state index contributed by atoms with van der Waals surface area (Å²) in [5.74, 6) is 0. The van der Waals surface area contributed by atoms with Crippen molar-refractivity contribution >= 4 is 157 Å². The maximum Gasteiger partial charge on any atom is 0.341 e. The first-order chi connectivity index (χ1) is 16.8. The van der Waals surface area contributed by atoms with Crippen LogP contribution in [0.25, 0.3) is 0 Å². The number of ether oxygens (including phenoxy) is 4. The van der Waals surface area contributed by atoms with E-state index >= 15 is 0 Å². The van der Waals surface area contributed by atoms with Crippen molar-refractivity contribution in [2.24, 2.45) is 5.41 Å². The molecular formula is C17H32Cl12O4Si4. The van der Waals surface area contributed by atoms with E-state index in [1.54, 1.807) is 0 Å². The summed E-state index contributed by atoms with van der Waals surface area (Å²) in [4.78, 5) is 0. The molecule has 0 aliphatic heterocycles. The molecule has 0 aliphatic carbocycles. The van der Waals surface area contributed by atoms with Gasteiger partial charge in [0.25, 0.3) is 0 Å². The fourth-order valence-corrected chi connectivity index (χ4v) is 9.90.